The fourth-order valence-corrected chi connectivity index (χ4v) is 2.60. The third kappa shape index (κ3) is 3.55. The Bertz CT molecular complexity index is 483. The molecule has 6 heteroatoms. The molecule has 0 bridgehead atoms. The first-order valence-electron chi connectivity index (χ1n) is 5.15. The Kier molecular flexibility index (Phi) is 5.80. The minimum atomic E-state index is -1.07. The van der Waals surface area contributed by atoms with Gasteiger partial charge in [0, 0.05) is 11.6 Å². The largest absolute Gasteiger partial charge is 0.478 e. The first-order chi connectivity index (χ1) is 8.38. The summed E-state index contributed by atoms with van der Waals surface area (Å²) in [4.78, 5) is 10.8. The van der Waals surface area contributed by atoms with Crippen LogP contribution in [0.25, 0.3) is 5.57 Å². The number of carboxylic acids is 1. The highest BCUT2D eigenvalue weighted by Crippen LogP contribution is 2.41. The molecule has 0 saturated carbocycles. The number of benzene rings is 1. The van der Waals surface area contributed by atoms with Gasteiger partial charge in [-0.3, -0.25) is 0 Å². The summed E-state index contributed by atoms with van der Waals surface area (Å²) in [5.41, 5.74) is 0.893. The summed E-state index contributed by atoms with van der Waals surface area (Å²) in [6, 6.07) is 1.43. The smallest absolute Gasteiger partial charge is 0.328 e. The Morgan fingerprint density at radius 3 is 2.11 bits per heavy atom. The van der Waals surface area contributed by atoms with Gasteiger partial charge in [-0.05, 0) is 18.1 Å². The van der Waals surface area contributed by atoms with Crippen molar-refractivity contribution in [3.8, 4) is 0 Å². The second kappa shape index (κ2) is 6.67. The minimum absolute atomic E-state index is 0.215. The molecule has 18 heavy (non-hydrogen) atoms. The minimum Gasteiger partial charge on any atom is -0.478 e. The average Bonchev–Trinajstić information content (AvgIpc) is 2.26. The highest BCUT2D eigenvalue weighted by atomic mass is 35.5. The molecule has 1 N–H and O–H groups in total. The first-order valence-corrected chi connectivity index (χ1v) is 6.66. The molecule has 0 saturated heterocycles. The van der Waals surface area contributed by atoms with Gasteiger partial charge in [-0.2, -0.15) is 0 Å². The van der Waals surface area contributed by atoms with E-state index in [1.54, 1.807) is 0 Å². The van der Waals surface area contributed by atoms with Crippen LogP contribution in [0.4, 0.5) is 0 Å². The quantitative estimate of drug-likeness (QED) is 0.580. The maximum absolute atomic E-state index is 10.8. The van der Waals surface area contributed by atoms with E-state index in [1.165, 1.54) is 6.07 Å². The maximum Gasteiger partial charge on any atom is 0.328 e. The van der Waals surface area contributed by atoms with Crippen molar-refractivity contribution in [1.82, 2.24) is 0 Å². The monoisotopic (exact) mass is 326 g/mol. The second-order valence-corrected chi connectivity index (χ2v) is 5.17. The average molecular weight is 328 g/mol. The molecule has 1 aromatic carbocycles. The van der Waals surface area contributed by atoms with Crippen LogP contribution in [0.5, 0.6) is 0 Å². The van der Waals surface area contributed by atoms with E-state index in [0.717, 1.165) is 12.5 Å². The van der Waals surface area contributed by atoms with E-state index in [9.17, 15) is 4.79 Å². The number of hydrogen-bond acceptors (Lipinski definition) is 1. The molecule has 0 unspecified atom stereocenters. The van der Waals surface area contributed by atoms with E-state index >= 15 is 0 Å². The topological polar surface area (TPSA) is 37.3 Å². The van der Waals surface area contributed by atoms with Gasteiger partial charge in [0.2, 0.25) is 0 Å². The van der Waals surface area contributed by atoms with Crippen molar-refractivity contribution < 1.29 is 9.90 Å². The molecule has 0 aromatic heterocycles. The molecule has 0 heterocycles. The summed E-state index contributed by atoms with van der Waals surface area (Å²) in [5, 5.41) is 9.78. The third-order valence-electron chi connectivity index (χ3n) is 2.25. The predicted molar refractivity (Wildman–Crippen MR) is 77.0 cm³/mol. The zero-order valence-corrected chi connectivity index (χ0v) is 12.5. The van der Waals surface area contributed by atoms with Gasteiger partial charge in [0.1, 0.15) is 0 Å². The number of halogens is 4. The van der Waals surface area contributed by atoms with Crippen LogP contribution in [-0.2, 0) is 4.79 Å². The van der Waals surface area contributed by atoms with Crippen LogP contribution >= 0.6 is 46.4 Å². The zero-order chi connectivity index (χ0) is 13.9. The number of carbonyl (C=O) groups is 1. The lowest BCUT2D eigenvalue weighted by molar-refractivity contribution is -0.131. The van der Waals surface area contributed by atoms with E-state index in [1.807, 2.05) is 6.92 Å². The number of aliphatic carboxylic acids is 1. The summed E-state index contributed by atoms with van der Waals surface area (Å²) in [7, 11) is 0. The van der Waals surface area contributed by atoms with E-state index in [-0.39, 0.29) is 20.1 Å². The summed E-state index contributed by atoms with van der Waals surface area (Å²) in [6.07, 6.45) is 2.33. The molecule has 0 aliphatic heterocycles. The maximum atomic E-state index is 10.8. The molecule has 0 aliphatic rings. The van der Waals surface area contributed by atoms with Gasteiger partial charge in [-0.1, -0.05) is 59.7 Å². The van der Waals surface area contributed by atoms with Crippen molar-refractivity contribution in [2.45, 2.75) is 19.8 Å². The van der Waals surface area contributed by atoms with Crippen molar-refractivity contribution in [1.29, 1.82) is 0 Å². The Morgan fingerprint density at radius 2 is 1.72 bits per heavy atom. The van der Waals surface area contributed by atoms with Crippen LogP contribution in [0.2, 0.25) is 20.1 Å². The van der Waals surface area contributed by atoms with Gasteiger partial charge in [-0.15, -0.1) is 0 Å². The molecule has 0 spiro atoms. The van der Waals surface area contributed by atoms with Gasteiger partial charge in [-0.25, -0.2) is 4.79 Å². The predicted octanol–water partition coefficient (Wildman–Crippen LogP) is 5.57. The van der Waals surface area contributed by atoms with Crippen LogP contribution in [-0.4, -0.2) is 11.1 Å². The fourth-order valence-electron chi connectivity index (χ4n) is 1.54. The molecule has 1 aromatic rings. The zero-order valence-electron chi connectivity index (χ0n) is 9.44. The lowest BCUT2D eigenvalue weighted by Crippen LogP contribution is -1.95. The second-order valence-electron chi connectivity index (χ2n) is 3.60. The molecule has 98 valence electrons. The Balaban J connectivity index is 3.50. The molecule has 0 atom stereocenters. The lowest BCUT2D eigenvalue weighted by Gasteiger charge is -2.13. The van der Waals surface area contributed by atoms with E-state index in [2.05, 4.69) is 0 Å². The fraction of sp³-hybridized carbons (Fsp3) is 0.250. The van der Waals surface area contributed by atoms with Crippen LogP contribution < -0.4 is 0 Å². The van der Waals surface area contributed by atoms with E-state index < -0.39 is 5.97 Å². The van der Waals surface area contributed by atoms with E-state index in [4.69, 9.17) is 51.5 Å². The van der Waals surface area contributed by atoms with Gasteiger partial charge in [0.15, 0.2) is 0 Å². The summed E-state index contributed by atoms with van der Waals surface area (Å²) in [5.74, 6) is -1.07. The third-order valence-corrected chi connectivity index (χ3v) is 3.82. The normalized spacial score (nSPS) is 11.7. The molecule has 2 nitrogen and oxygen atoms in total. The standard InChI is InChI=1S/C12H10Cl4O2/c1-2-3-6(4-9(17)18)10-11(15)7(13)5-8(14)12(10)16/h4-5H,2-3H2,1H3,(H,17,18)/b6-4+. The van der Waals surface area contributed by atoms with Crippen LogP contribution in [0.15, 0.2) is 12.1 Å². The van der Waals surface area contributed by atoms with Gasteiger partial charge in [0.25, 0.3) is 0 Å². The van der Waals surface area contributed by atoms with Crippen molar-refractivity contribution in [2.24, 2.45) is 0 Å². The number of carboxylic acid groups (broad SMARTS) is 1. The van der Waals surface area contributed by atoms with Gasteiger partial charge in [0.05, 0.1) is 20.1 Å². The highest BCUT2D eigenvalue weighted by Gasteiger charge is 2.17. The number of allylic oxidation sites excluding steroid dienone is 1. The molecule has 1 rings (SSSR count). The molecule has 0 aliphatic carbocycles. The Labute approximate surface area is 125 Å². The number of hydrogen-bond donors (Lipinski definition) is 1. The summed E-state index contributed by atoms with van der Waals surface area (Å²) in [6.45, 7) is 1.92. The van der Waals surface area contributed by atoms with Gasteiger partial charge < -0.3 is 5.11 Å². The number of rotatable bonds is 4. The molecule has 0 amide bonds. The Morgan fingerprint density at radius 1 is 1.22 bits per heavy atom. The molecular formula is C12H10Cl4O2. The van der Waals surface area contributed by atoms with Gasteiger partial charge >= 0.3 is 5.97 Å². The lowest BCUT2D eigenvalue weighted by atomic mass is 10.0. The SMILES string of the molecule is CCC/C(=C\C(=O)O)c1c(Cl)c(Cl)cc(Cl)c1Cl. The molecular weight excluding hydrogens is 318 g/mol. The molecule has 0 fully saturated rings. The van der Waals surface area contributed by atoms with Crippen LogP contribution in [0.1, 0.15) is 25.3 Å². The van der Waals surface area contributed by atoms with Crippen LogP contribution in [0, 0.1) is 0 Å². The van der Waals surface area contributed by atoms with Crippen molar-refractivity contribution in [2.75, 3.05) is 0 Å². The highest BCUT2D eigenvalue weighted by molar-refractivity contribution is 6.49. The van der Waals surface area contributed by atoms with Crippen LogP contribution in [0.3, 0.4) is 0 Å². The summed E-state index contributed by atoms with van der Waals surface area (Å²) < 4.78 is 0. The Hall–Kier alpha value is -0.410. The summed E-state index contributed by atoms with van der Waals surface area (Å²) >= 11 is 24.0. The van der Waals surface area contributed by atoms with Crippen molar-refractivity contribution in [3.63, 3.8) is 0 Å². The molecule has 0 radical (unpaired) electrons. The first kappa shape index (κ1) is 15.6. The van der Waals surface area contributed by atoms with Crippen molar-refractivity contribution >= 4 is 57.9 Å². The van der Waals surface area contributed by atoms with E-state index in [0.29, 0.717) is 17.6 Å². The van der Waals surface area contributed by atoms with Crippen molar-refractivity contribution in [3.05, 3.63) is 37.8 Å².